The van der Waals surface area contributed by atoms with Gasteiger partial charge in [-0.25, -0.2) is 8.78 Å². The van der Waals surface area contributed by atoms with Crippen LogP contribution in [0.25, 0.3) is 0 Å². The Labute approximate surface area is 68.2 Å². The third-order valence-corrected chi connectivity index (χ3v) is 1.58. The Morgan fingerprint density at radius 1 is 1.75 bits per heavy atom. The topological polar surface area (TPSA) is 37.3 Å². The molecule has 1 aliphatic carbocycles. The molecule has 0 heterocycles. The third kappa shape index (κ3) is 2.15. The molecule has 0 fully saturated rings. The summed E-state index contributed by atoms with van der Waals surface area (Å²) in [5.74, 6) is -1.89. The normalized spacial score (nSPS) is 28.3. The number of aliphatic carboxylic acids is 1. The van der Waals surface area contributed by atoms with Gasteiger partial charge in [0.2, 0.25) is 0 Å². The van der Waals surface area contributed by atoms with Crippen LogP contribution in [0.2, 0.25) is 0 Å². The minimum Gasteiger partial charge on any atom is -0.481 e. The predicted octanol–water partition coefficient (Wildman–Crippen LogP) is 1.98. The second-order valence-corrected chi connectivity index (χ2v) is 2.75. The van der Waals surface area contributed by atoms with Gasteiger partial charge in [0.1, 0.15) is 11.5 Å². The molecule has 0 spiro atoms. The molecule has 0 aromatic rings. The van der Waals surface area contributed by atoms with Crippen molar-refractivity contribution < 1.29 is 18.7 Å². The van der Waals surface area contributed by atoms with Crippen LogP contribution in [0, 0.1) is 0 Å². The van der Waals surface area contributed by atoms with Gasteiger partial charge in [0.05, 0.1) is 6.42 Å². The summed E-state index contributed by atoms with van der Waals surface area (Å²) in [4.78, 5) is 10.2. The molecule has 4 heteroatoms. The second-order valence-electron chi connectivity index (χ2n) is 2.75. The van der Waals surface area contributed by atoms with Crippen LogP contribution in [-0.2, 0) is 4.79 Å². The van der Waals surface area contributed by atoms with E-state index in [9.17, 15) is 13.6 Å². The van der Waals surface area contributed by atoms with Crippen molar-refractivity contribution in [2.24, 2.45) is 0 Å². The molecule has 0 aromatic carbocycles. The molecular formula is C8H8F2O2. The lowest BCUT2D eigenvalue weighted by Gasteiger charge is -2.20. The fourth-order valence-electron chi connectivity index (χ4n) is 1.10. The number of hydrogen-bond donors (Lipinski definition) is 1. The minimum absolute atomic E-state index is 0.476. The quantitative estimate of drug-likeness (QED) is 0.695. The van der Waals surface area contributed by atoms with Crippen LogP contribution in [0.3, 0.4) is 0 Å². The zero-order valence-corrected chi connectivity index (χ0v) is 6.26. The molecule has 0 aromatic heterocycles. The van der Waals surface area contributed by atoms with Gasteiger partial charge in [-0.2, -0.15) is 0 Å². The maximum Gasteiger partial charge on any atom is 0.306 e. The SMILES string of the molecule is O=C(O)CC1(F)C=CC=C(F)C1. The van der Waals surface area contributed by atoms with E-state index in [-0.39, 0.29) is 0 Å². The average molecular weight is 174 g/mol. The van der Waals surface area contributed by atoms with Crippen molar-refractivity contribution in [1.29, 1.82) is 0 Å². The molecular weight excluding hydrogens is 166 g/mol. The van der Waals surface area contributed by atoms with Crippen LogP contribution < -0.4 is 0 Å². The Kier molecular flexibility index (Phi) is 2.26. The Morgan fingerprint density at radius 2 is 2.42 bits per heavy atom. The number of hydrogen-bond acceptors (Lipinski definition) is 1. The molecule has 1 N–H and O–H groups in total. The lowest BCUT2D eigenvalue weighted by atomic mass is 9.93. The van der Waals surface area contributed by atoms with E-state index < -0.39 is 30.3 Å². The van der Waals surface area contributed by atoms with Crippen molar-refractivity contribution in [2.45, 2.75) is 18.5 Å². The molecule has 0 aliphatic heterocycles. The number of carbonyl (C=O) groups is 1. The summed E-state index contributed by atoms with van der Waals surface area (Å²) in [6.45, 7) is 0. The van der Waals surface area contributed by atoms with Crippen molar-refractivity contribution in [1.82, 2.24) is 0 Å². The van der Waals surface area contributed by atoms with Crippen LogP contribution in [0.4, 0.5) is 8.78 Å². The van der Waals surface area contributed by atoms with Gasteiger partial charge < -0.3 is 5.11 Å². The van der Waals surface area contributed by atoms with Gasteiger partial charge in [-0.15, -0.1) is 0 Å². The average Bonchev–Trinajstić information content (AvgIpc) is 1.82. The highest BCUT2D eigenvalue weighted by Gasteiger charge is 2.32. The summed E-state index contributed by atoms with van der Waals surface area (Å²) in [5, 5.41) is 8.30. The fourth-order valence-corrected chi connectivity index (χ4v) is 1.10. The highest BCUT2D eigenvalue weighted by atomic mass is 19.1. The molecule has 0 saturated carbocycles. The zero-order chi connectivity index (χ0) is 9.19. The fraction of sp³-hybridized carbons (Fsp3) is 0.375. The van der Waals surface area contributed by atoms with Gasteiger partial charge in [0, 0.05) is 6.42 Å². The van der Waals surface area contributed by atoms with E-state index in [1.165, 1.54) is 6.08 Å². The van der Waals surface area contributed by atoms with E-state index in [0.29, 0.717) is 0 Å². The van der Waals surface area contributed by atoms with Crippen molar-refractivity contribution in [3.05, 3.63) is 24.1 Å². The van der Waals surface area contributed by atoms with Crippen LogP contribution in [0.15, 0.2) is 24.1 Å². The van der Waals surface area contributed by atoms with Crippen LogP contribution in [0.5, 0.6) is 0 Å². The Balaban J connectivity index is 2.69. The number of carboxylic acid groups (broad SMARTS) is 1. The zero-order valence-electron chi connectivity index (χ0n) is 6.26. The molecule has 0 radical (unpaired) electrons. The van der Waals surface area contributed by atoms with E-state index in [1.807, 2.05) is 0 Å². The van der Waals surface area contributed by atoms with Crippen molar-refractivity contribution in [3.8, 4) is 0 Å². The van der Waals surface area contributed by atoms with E-state index in [2.05, 4.69) is 0 Å². The van der Waals surface area contributed by atoms with Crippen LogP contribution >= 0.6 is 0 Å². The number of alkyl halides is 1. The number of allylic oxidation sites excluding steroid dienone is 4. The number of halogens is 2. The number of carboxylic acids is 1. The monoisotopic (exact) mass is 174 g/mol. The van der Waals surface area contributed by atoms with Crippen molar-refractivity contribution >= 4 is 5.97 Å². The van der Waals surface area contributed by atoms with Gasteiger partial charge in [0.15, 0.2) is 0 Å². The van der Waals surface area contributed by atoms with E-state index in [4.69, 9.17) is 5.11 Å². The number of rotatable bonds is 2. The highest BCUT2D eigenvalue weighted by molar-refractivity contribution is 5.69. The summed E-state index contributed by atoms with van der Waals surface area (Å²) in [5.41, 5.74) is -2.05. The maximum atomic E-state index is 13.3. The molecule has 66 valence electrons. The Hall–Kier alpha value is -1.19. The van der Waals surface area contributed by atoms with Crippen molar-refractivity contribution in [2.75, 3.05) is 0 Å². The molecule has 1 rings (SSSR count). The molecule has 1 unspecified atom stereocenters. The van der Waals surface area contributed by atoms with E-state index in [0.717, 1.165) is 12.2 Å². The third-order valence-electron chi connectivity index (χ3n) is 1.58. The first-order valence-corrected chi connectivity index (χ1v) is 3.46. The van der Waals surface area contributed by atoms with Gasteiger partial charge in [-0.3, -0.25) is 4.79 Å². The molecule has 12 heavy (non-hydrogen) atoms. The maximum absolute atomic E-state index is 13.3. The molecule has 2 nitrogen and oxygen atoms in total. The van der Waals surface area contributed by atoms with Gasteiger partial charge in [-0.1, -0.05) is 6.08 Å². The lowest BCUT2D eigenvalue weighted by molar-refractivity contribution is -0.139. The lowest BCUT2D eigenvalue weighted by Crippen LogP contribution is -2.25. The molecule has 0 amide bonds. The largest absolute Gasteiger partial charge is 0.481 e. The Morgan fingerprint density at radius 3 is 2.92 bits per heavy atom. The van der Waals surface area contributed by atoms with Crippen LogP contribution in [-0.4, -0.2) is 16.7 Å². The summed E-state index contributed by atoms with van der Waals surface area (Å²) >= 11 is 0. The van der Waals surface area contributed by atoms with Gasteiger partial charge >= 0.3 is 5.97 Å². The summed E-state index contributed by atoms with van der Waals surface area (Å²) < 4.78 is 25.8. The van der Waals surface area contributed by atoms with Gasteiger partial charge in [0.25, 0.3) is 0 Å². The summed E-state index contributed by atoms with van der Waals surface area (Å²) in [6, 6.07) is 0. The molecule has 1 atom stereocenters. The van der Waals surface area contributed by atoms with E-state index in [1.54, 1.807) is 0 Å². The second kappa shape index (κ2) is 3.05. The standard InChI is InChI=1S/C8H8F2O2/c9-6-2-1-3-8(10,4-6)5-7(11)12/h1-3H,4-5H2,(H,11,12). The Bertz CT molecular complexity index is 254. The first kappa shape index (κ1) is 8.90. The first-order chi connectivity index (χ1) is 5.52. The summed E-state index contributed by atoms with van der Waals surface area (Å²) in [6.07, 6.45) is 2.23. The molecule has 1 aliphatic rings. The first-order valence-electron chi connectivity index (χ1n) is 3.46. The summed E-state index contributed by atoms with van der Waals surface area (Å²) in [7, 11) is 0. The highest BCUT2D eigenvalue weighted by Crippen LogP contribution is 2.30. The predicted molar refractivity (Wildman–Crippen MR) is 39.0 cm³/mol. The van der Waals surface area contributed by atoms with Crippen molar-refractivity contribution in [3.63, 3.8) is 0 Å². The van der Waals surface area contributed by atoms with E-state index >= 15 is 0 Å². The van der Waals surface area contributed by atoms with Crippen LogP contribution in [0.1, 0.15) is 12.8 Å². The minimum atomic E-state index is -2.05. The molecule has 0 saturated heterocycles. The smallest absolute Gasteiger partial charge is 0.306 e. The molecule has 0 bridgehead atoms. The van der Waals surface area contributed by atoms with Gasteiger partial charge in [-0.05, 0) is 12.2 Å².